The van der Waals surface area contributed by atoms with Gasteiger partial charge < -0.3 is 31.3 Å². The van der Waals surface area contributed by atoms with E-state index in [1.165, 1.54) is 0 Å². The summed E-state index contributed by atoms with van der Waals surface area (Å²) in [6, 6.07) is 5.10. The molecule has 1 aromatic rings. The van der Waals surface area contributed by atoms with Gasteiger partial charge in [-0.05, 0) is 36.5 Å². The second kappa shape index (κ2) is 16.8. The molecule has 0 heterocycles. The summed E-state index contributed by atoms with van der Waals surface area (Å²) in [5, 5.41) is 13.3. The Labute approximate surface area is 231 Å². The summed E-state index contributed by atoms with van der Waals surface area (Å²) in [6.07, 6.45) is -0.451. The van der Waals surface area contributed by atoms with Crippen LogP contribution < -0.4 is 26.6 Å². The molecule has 0 saturated heterocycles. The van der Waals surface area contributed by atoms with Crippen molar-refractivity contribution in [3.05, 3.63) is 29.8 Å². The third kappa shape index (κ3) is 13.3. The predicted octanol–water partition coefficient (Wildman–Crippen LogP) is 2.09. The Bertz CT molecular complexity index is 923. The van der Waals surface area contributed by atoms with E-state index in [9.17, 15) is 24.0 Å². The topological polar surface area (TPSA) is 155 Å². The van der Waals surface area contributed by atoms with Crippen LogP contribution in [0.1, 0.15) is 46.6 Å². The SMILES string of the molecule is CC(C)CNC(=O)OCc1ccc(NC(=O)[C@H](C)NC(=O)[C@@H](NC(=O)CCNC(=O)CI)C(C)C)cc1. The molecule has 5 N–H and O–H groups in total. The van der Waals surface area contributed by atoms with Crippen molar-refractivity contribution >= 4 is 58.0 Å². The van der Waals surface area contributed by atoms with E-state index in [1.807, 2.05) is 36.4 Å². The Morgan fingerprint density at radius 1 is 0.865 bits per heavy atom. The van der Waals surface area contributed by atoms with Crippen molar-refractivity contribution in [3.8, 4) is 0 Å². The third-order valence-electron chi connectivity index (χ3n) is 5.06. The zero-order chi connectivity index (χ0) is 28.0. The number of anilines is 1. The van der Waals surface area contributed by atoms with Gasteiger partial charge in [0, 0.05) is 25.2 Å². The zero-order valence-corrected chi connectivity index (χ0v) is 24.1. The molecule has 0 aromatic heterocycles. The highest BCUT2D eigenvalue weighted by molar-refractivity contribution is 14.1. The number of alkyl carbamates (subject to hydrolysis) is 1. The number of hydrogen-bond donors (Lipinski definition) is 5. The van der Waals surface area contributed by atoms with Gasteiger partial charge in [-0.25, -0.2) is 4.79 Å². The fourth-order valence-corrected chi connectivity index (χ4v) is 3.20. The summed E-state index contributed by atoms with van der Waals surface area (Å²) < 4.78 is 5.45. The van der Waals surface area contributed by atoms with Crippen LogP contribution in [0.3, 0.4) is 0 Å². The Balaban J connectivity index is 2.54. The van der Waals surface area contributed by atoms with Gasteiger partial charge in [0.1, 0.15) is 18.7 Å². The van der Waals surface area contributed by atoms with Crippen LogP contribution in [0, 0.1) is 11.8 Å². The smallest absolute Gasteiger partial charge is 0.407 e. The second-order valence-corrected chi connectivity index (χ2v) is 10.1. The van der Waals surface area contributed by atoms with Crippen LogP contribution in [-0.4, -0.2) is 59.3 Å². The molecule has 37 heavy (non-hydrogen) atoms. The molecular formula is C25H38IN5O6. The Morgan fingerprint density at radius 2 is 1.51 bits per heavy atom. The summed E-state index contributed by atoms with van der Waals surface area (Å²) in [5.41, 5.74) is 1.27. The maximum atomic E-state index is 12.7. The maximum Gasteiger partial charge on any atom is 0.407 e. The fraction of sp³-hybridized carbons (Fsp3) is 0.560. The van der Waals surface area contributed by atoms with Crippen molar-refractivity contribution in [1.82, 2.24) is 21.3 Å². The first-order chi connectivity index (χ1) is 17.4. The van der Waals surface area contributed by atoms with E-state index >= 15 is 0 Å². The second-order valence-electron chi connectivity index (χ2n) is 9.29. The van der Waals surface area contributed by atoms with Crippen LogP contribution in [0.15, 0.2) is 24.3 Å². The van der Waals surface area contributed by atoms with Gasteiger partial charge in [-0.3, -0.25) is 19.2 Å². The molecule has 0 bridgehead atoms. The lowest BCUT2D eigenvalue weighted by molar-refractivity contribution is -0.131. The molecule has 0 spiro atoms. The Morgan fingerprint density at radius 3 is 2.08 bits per heavy atom. The maximum absolute atomic E-state index is 12.7. The molecule has 12 heteroatoms. The van der Waals surface area contributed by atoms with E-state index in [0.717, 1.165) is 5.56 Å². The lowest BCUT2D eigenvalue weighted by Gasteiger charge is -2.24. The predicted molar refractivity (Wildman–Crippen MR) is 149 cm³/mol. The van der Waals surface area contributed by atoms with Gasteiger partial charge in [-0.2, -0.15) is 0 Å². The van der Waals surface area contributed by atoms with Crippen molar-refractivity contribution in [2.45, 2.75) is 59.7 Å². The van der Waals surface area contributed by atoms with Gasteiger partial charge in [0.25, 0.3) is 0 Å². The molecule has 11 nitrogen and oxygen atoms in total. The molecule has 5 amide bonds. The number of nitrogens with one attached hydrogen (secondary N) is 5. The summed E-state index contributed by atoms with van der Waals surface area (Å²) in [4.78, 5) is 60.5. The van der Waals surface area contributed by atoms with E-state index in [0.29, 0.717) is 22.6 Å². The zero-order valence-electron chi connectivity index (χ0n) is 22.0. The van der Waals surface area contributed by atoms with Crippen LogP contribution in [-0.2, 0) is 30.5 Å². The Kier molecular flexibility index (Phi) is 14.6. The van der Waals surface area contributed by atoms with Crippen LogP contribution in [0.4, 0.5) is 10.5 Å². The van der Waals surface area contributed by atoms with Crippen molar-refractivity contribution < 1.29 is 28.7 Å². The summed E-state index contributed by atoms with van der Waals surface area (Å²) in [6.45, 7) is 9.88. The number of benzene rings is 1. The third-order valence-corrected chi connectivity index (χ3v) is 5.75. The highest BCUT2D eigenvalue weighted by Crippen LogP contribution is 2.11. The molecule has 2 atom stereocenters. The van der Waals surface area contributed by atoms with E-state index in [2.05, 4.69) is 26.6 Å². The van der Waals surface area contributed by atoms with Gasteiger partial charge in [0.05, 0.1) is 4.43 Å². The van der Waals surface area contributed by atoms with Gasteiger partial charge in [0.2, 0.25) is 23.6 Å². The minimum atomic E-state index is -0.860. The minimum absolute atomic E-state index is 0.0403. The standard InChI is InChI=1S/C25H38IN5O6/c1-15(2)13-28-25(36)37-14-18-6-8-19(9-7-18)30-23(34)17(5)29-24(35)22(16(3)4)31-20(32)10-11-27-21(33)12-26/h6-9,15-17,22H,10-14H2,1-5H3,(H,27,33)(H,28,36)(H,29,35)(H,30,34)(H,31,32)/t17-,22-/m0/s1. The normalized spacial score (nSPS) is 12.3. The number of alkyl halides is 1. The van der Waals surface area contributed by atoms with Crippen LogP contribution in [0.5, 0.6) is 0 Å². The molecule has 0 unspecified atom stereocenters. The number of halogens is 1. The number of carbonyl (C=O) groups is 5. The Hall–Kier alpha value is -2.90. The lowest BCUT2D eigenvalue weighted by Crippen LogP contribution is -2.54. The van der Waals surface area contributed by atoms with E-state index in [1.54, 1.807) is 45.0 Å². The van der Waals surface area contributed by atoms with Crippen molar-refractivity contribution in [2.24, 2.45) is 11.8 Å². The summed E-state index contributed by atoms with van der Waals surface area (Å²) >= 11 is 1.92. The largest absolute Gasteiger partial charge is 0.445 e. The number of ether oxygens (including phenoxy) is 1. The van der Waals surface area contributed by atoms with E-state index in [4.69, 9.17) is 4.74 Å². The number of carbonyl (C=O) groups excluding carboxylic acids is 5. The van der Waals surface area contributed by atoms with Gasteiger partial charge in [0.15, 0.2) is 0 Å². The van der Waals surface area contributed by atoms with Crippen LogP contribution in [0.2, 0.25) is 0 Å². The molecule has 0 aliphatic rings. The number of hydrogen-bond acceptors (Lipinski definition) is 6. The number of rotatable bonds is 14. The fourth-order valence-electron chi connectivity index (χ4n) is 2.93. The van der Waals surface area contributed by atoms with Gasteiger partial charge >= 0.3 is 6.09 Å². The monoisotopic (exact) mass is 631 g/mol. The van der Waals surface area contributed by atoms with Crippen molar-refractivity contribution in [1.29, 1.82) is 0 Å². The minimum Gasteiger partial charge on any atom is -0.445 e. The molecule has 0 radical (unpaired) electrons. The first kappa shape index (κ1) is 32.1. The molecule has 206 valence electrons. The van der Waals surface area contributed by atoms with Gasteiger partial charge in [-0.1, -0.05) is 62.4 Å². The number of amides is 5. The highest BCUT2D eigenvalue weighted by atomic mass is 127. The average molecular weight is 632 g/mol. The summed E-state index contributed by atoms with van der Waals surface area (Å²) in [5.74, 6) is -1.35. The molecule has 0 aliphatic heterocycles. The van der Waals surface area contributed by atoms with E-state index in [-0.39, 0.29) is 37.3 Å². The first-order valence-electron chi connectivity index (χ1n) is 12.2. The van der Waals surface area contributed by atoms with Crippen LogP contribution in [0.25, 0.3) is 0 Å². The van der Waals surface area contributed by atoms with Crippen LogP contribution >= 0.6 is 22.6 Å². The van der Waals surface area contributed by atoms with Crippen molar-refractivity contribution in [3.63, 3.8) is 0 Å². The molecule has 0 aliphatic carbocycles. The van der Waals surface area contributed by atoms with Crippen molar-refractivity contribution in [2.75, 3.05) is 22.8 Å². The van der Waals surface area contributed by atoms with Gasteiger partial charge in [-0.15, -0.1) is 0 Å². The lowest BCUT2D eigenvalue weighted by atomic mass is 10.0. The molecule has 0 fully saturated rings. The average Bonchev–Trinajstić information content (AvgIpc) is 2.84. The van der Waals surface area contributed by atoms with E-state index < -0.39 is 30.0 Å². The first-order valence-corrected chi connectivity index (χ1v) is 13.7. The molecular weight excluding hydrogens is 593 g/mol. The quantitative estimate of drug-likeness (QED) is 0.157. The molecule has 1 aromatic carbocycles. The highest BCUT2D eigenvalue weighted by Gasteiger charge is 2.27. The summed E-state index contributed by atoms with van der Waals surface area (Å²) in [7, 11) is 0. The molecule has 1 rings (SSSR count). The molecule has 0 saturated carbocycles.